The fourth-order valence-corrected chi connectivity index (χ4v) is 9.26. The highest BCUT2D eigenvalue weighted by Crippen LogP contribution is 2.15. The van der Waals surface area contributed by atoms with E-state index in [0.29, 0.717) is 70.7 Å². The van der Waals surface area contributed by atoms with Gasteiger partial charge in [-0.25, -0.2) is 0 Å². The monoisotopic (exact) mass is 1040 g/mol. The van der Waals surface area contributed by atoms with Gasteiger partial charge in [0.15, 0.2) is 5.12 Å². The van der Waals surface area contributed by atoms with Crippen molar-refractivity contribution in [2.24, 2.45) is 0 Å². The van der Waals surface area contributed by atoms with E-state index >= 15 is 0 Å². The van der Waals surface area contributed by atoms with Crippen molar-refractivity contribution in [2.75, 3.05) is 50.8 Å². The standard InChI is InChI=1S/C61H104N2O7S2/c1-6-10-14-18-22-25-28-32-36-40-55(64)50-62(51-56(65)41-37-33-29-26-23-19-15-11-7-2)45-47-71-60(69)49-59(68)61(70)72-48-46-63(52-57(66)42-38-34-30-27-24-20-16-12-8-3)53-58(67)44-43-54(5)39-35-31-21-17-13-9-4/h22-27,31-38,43,55-58,64-67H,6-21,28-30,39-42,44-53H2,1-5H3/b25-22-,26-23-,27-24-,35-31-,36-32-,37-33-,38-34-,54-43-. The van der Waals surface area contributed by atoms with E-state index < -0.39 is 46.9 Å². The molecule has 0 aliphatic carbocycles. The molecule has 9 nitrogen and oxygen atoms in total. The second kappa shape index (κ2) is 51.9. The first-order valence-electron chi connectivity index (χ1n) is 28.2. The third-order valence-electron chi connectivity index (χ3n) is 12.0. The maximum Gasteiger partial charge on any atom is 0.255 e. The Kier molecular flexibility index (Phi) is 50.0. The van der Waals surface area contributed by atoms with Gasteiger partial charge >= 0.3 is 0 Å². The molecule has 0 aromatic heterocycles. The number of thioether (sulfide) groups is 2. The molecule has 72 heavy (non-hydrogen) atoms. The zero-order valence-electron chi connectivity index (χ0n) is 46.0. The molecule has 0 spiro atoms. The van der Waals surface area contributed by atoms with Crippen molar-refractivity contribution in [3.8, 4) is 0 Å². The average molecular weight is 1040 g/mol. The molecule has 4 unspecified atom stereocenters. The lowest BCUT2D eigenvalue weighted by molar-refractivity contribution is -0.133. The number of hydrogen-bond acceptors (Lipinski definition) is 11. The molecule has 0 amide bonds. The van der Waals surface area contributed by atoms with E-state index in [4.69, 9.17) is 0 Å². The number of rotatable bonds is 49. The van der Waals surface area contributed by atoms with E-state index in [2.05, 4.69) is 108 Å². The Bertz CT molecular complexity index is 1530. The van der Waals surface area contributed by atoms with Crippen molar-refractivity contribution in [2.45, 2.75) is 220 Å². The lowest BCUT2D eigenvalue weighted by Crippen LogP contribution is -2.39. The van der Waals surface area contributed by atoms with Gasteiger partial charge in [0.05, 0.1) is 30.8 Å². The third kappa shape index (κ3) is 47.1. The van der Waals surface area contributed by atoms with E-state index in [-0.39, 0.29) is 5.75 Å². The third-order valence-corrected chi connectivity index (χ3v) is 13.7. The van der Waals surface area contributed by atoms with Crippen molar-refractivity contribution in [3.05, 3.63) is 96.7 Å². The molecule has 11 heteroatoms. The van der Waals surface area contributed by atoms with Crippen LogP contribution in [0.3, 0.4) is 0 Å². The predicted molar refractivity (Wildman–Crippen MR) is 313 cm³/mol. The van der Waals surface area contributed by atoms with Crippen LogP contribution in [0.25, 0.3) is 0 Å². The number of hydrogen-bond donors (Lipinski definition) is 4. The Labute approximate surface area is 449 Å². The molecule has 0 rings (SSSR count). The number of ketones is 1. The number of Topliss-reactive ketones (excluding diaryl/α,β-unsaturated/α-hetero) is 1. The molecule has 0 radical (unpaired) electrons. The first-order chi connectivity index (χ1) is 34.9. The summed E-state index contributed by atoms with van der Waals surface area (Å²) in [7, 11) is 0. The summed E-state index contributed by atoms with van der Waals surface area (Å²) in [6.45, 7) is 12.9. The summed E-state index contributed by atoms with van der Waals surface area (Å²) < 4.78 is 0. The highest BCUT2D eigenvalue weighted by molar-refractivity contribution is 8.15. The van der Waals surface area contributed by atoms with E-state index in [1.165, 1.54) is 82.6 Å². The number of unbranched alkanes of at least 4 members (excludes halogenated alkanes) is 12. The molecule has 0 aliphatic heterocycles. The normalized spacial score (nSPS) is 14.6. The van der Waals surface area contributed by atoms with Gasteiger partial charge in [0.2, 0.25) is 5.78 Å². The Morgan fingerprint density at radius 3 is 1.18 bits per heavy atom. The van der Waals surface area contributed by atoms with Crippen molar-refractivity contribution < 1.29 is 34.8 Å². The zero-order valence-corrected chi connectivity index (χ0v) is 47.7. The number of aliphatic hydroxyl groups excluding tert-OH is 4. The number of carbonyl (C=O) groups excluding carboxylic acids is 3. The van der Waals surface area contributed by atoms with Crippen molar-refractivity contribution >= 4 is 39.5 Å². The Balaban J connectivity index is 5.37. The van der Waals surface area contributed by atoms with E-state index in [1.54, 1.807) is 0 Å². The van der Waals surface area contributed by atoms with E-state index in [1.807, 2.05) is 28.0 Å². The summed E-state index contributed by atoms with van der Waals surface area (Å²) in [5, 5.41) is 42.8. The van der Waals surface area contributed by atoms with Crippen LogP contribution < -0.4 is 0 Å². The molecular formula is C61H104N2O7S2. The van der Waals surface area contributed by atoms with Crippen molar-refractivity contribution in [1.29, 1.82) is 0 Å². The highest BCUT2D eigenvalue weighted by atomic mass is 32.2. The first-order valence-corrected chi connectivity index (χ1v) is 30.2. The van der Waals surface area contributed by atoms with Gasteiger partial charge in [-0.3, -0.25) is 24.2 Å². The molecular weight excluding hydrogens is 937 g/mol. The molecule has 0 saturated heterocycles. The molecule has 4 N–H and O–H groups in total. The van der Waals surface area contributed by atoms with Crippen LogP contribution in [0.5, 0.6) is 0 Å². The van der Waals surface area contributed by atoms with E-state index in [9.17, 15) is 34.8 Å². The SMILES string of the molecule is CCCCC/C=C\C/C=C\CC(O)CN(CCSC(=O)CC(=O)C(=O)SCCN(CC(O)C/C=C\C/C=C\CCCCC)CC(O)C/C=C(/C)C/C=C\CCCCC)CC(O)C/C=C\C/C=C\CCCCC. The van der Waals surface area contributed by atoms with Crippen LogP contribution in [0.2, 0.25) is 0 Å². The minimum atomic E-state index is -0.749. The van der Waals surface area contributed by atoms with Crippen LogP contribution in [-0.2, 0) is 14.4 Å². The number of allylic oxidation sites excluding steroid dienone is 12. The van der Waals surface area contributed by atoms with E-state index in [0.717, 1.165) is 74.9 Å². The molecule has 0 fully saturated rings. The molecule has 0 aromatic rings. The topological polar surface area (TPSA) is 139 Å². The first kappa shape index (κ1) is 69.4. The van der Waals surface area contributed by atoms with Crippen LogP contribution in [0, 0.1) is 0 Å². The number of nitrogens with zero attached hydrogens (tertiary/aromatic N) is 2. The van der Waals surface area contributed by atoms with Crippen LogP contribution >= 0.6 is 23.5 Å². The van der Waals surface area contributed by atoms with Crippen LogP contribution in [-0.4, -0.2) is 121 Å². The number of aliphatic hydroxyl groups is 4. The molecule has 412 valence electrons. The van der Waals surface area contributed by atoms with Crippen molar-refractivity contribution in [3.63, 3.8) is 0 Å². The Morgan fingerprint density at radius 2 is 0.792 bits per heavy atom. The van der Waals surface area contributed by atoms with Crippen LogP contribution in [0.4, 0.5) is 0 Å². The molecule has 4 atom stereocenters. The Hall–Kier alpha value is -2.61. The van der Waals surface area contributed by atoms with Gasteiger partial charge in [0.25, 0.3) is 5.12 Å². The molecule has 0 saturated carbocycles. The maximum atomic E-state index is 13.0. The van der Waals surface area contributed by atoms with Gasteiger partial charge < -0.3 is 20.4 Å². The summed E-state index contributed by atoms with van der Waals surface area (Å²) in [5.74, 6) is -0.127. The lowest BCUT2D eigenvalue weighted by atomic mass is 10.1. The summed E-state index contributed by atoms with van der Waals surface area (Å²) in [4.78, 5) is 42.8. The van der Waals surface area contributed by atoms with Gasteiger partial charge in [0, 0.05) is 50.8 Å². The van der Waals surface area contributed by atoms with Gasteiger partial charge in [-0.05, 0) is 110 Å². The van der Waals surface area contributed by atoms with Crippen molar-refractivity contribution in [1.82, 2.24) is 9.80 Å². The molecule has 0 bridgehead atoms. The molecule has 0 heterocycles. The lowest BCUT2D eigenvalue weighted by Gasteiger charge is -2.26. The van der Waals surface area contributed by atoms with Gasteiger partial charge in [-0.15, -0.1) is 0 Å². The fraction of sp³-hybridized carbons (Fsp3) is 0.689. The van der Waals surface area contributed by atoms with Crippen LogP contribution in [0.1, 0.15) is 195 Å². The quantitative estimate of drug-likeness (QED) is 0.0200. The van der Waals surface area contributed by atoms with Gasteiger partial charge in [0.1, 0.15) is 0 Å². The smallest absolute Gasteiger partial charge is 0.255 e. The van der Waals surface area contributed by atoms with Crippen LogP contribution in [0.15, 0.2) is 96.7 Å². The summed E-state index contributed by atoms with van der Waals surface area (Å²) >= 11 is 1.86. The largest absolute Gasteiger partial charge is 0.391 e. The van der Waals surface area contributed by atoms with Gasteiger partial charge in [-0.2, -0.15) is 0 Å². The minimum absolute atomic E-state index is 0.275. The molecule has 0 aromatic carbocycles. The Morgan fingerprint density at radius 1 is 0.444 bits per heavy atom. The highest BCUT2D eigenvalue weighted by Gasteiger charge is 2.22. The van der Waals surface area contributed by atoms with Gasteiger partial charge in [-0.1, -0.05) is 199 Å². The summed E-state index contributed by atoms with van der Waals surface area (Å²) in [5.41, 5.74) is 1.19. The zero-order chi connectivity index (χ0) is 53.1. The molecule has 0 aliphatic rings. The summed E-state index contributed by atoms with van der Waals surface area (Å²) in [6, 6.07) is 0. The fourth-order valence-electron chi connectivity index (χ4n) is 7.68. The summed E-state index contributed by atoms with van der Waals surface area (Å²) in [6.07, 6.45) is 52.7. The predicted octanol–water partition coefficient (Wildman–Crippen LogP) is 13.8. The second-order valence-electron chi connectivity index (χ2n) is 19.3. The second-order valence-corrected chi connectivity index (χ2v) is 21.5. The average Bonchev–Trinajstić information content (AvgIpc) is 3.35. The maximum absolute atomic E-state index is 13.0. The minimum Gasteiger partial charge on any atom is -0.391 e. The number of carbonyl (C=O) groups is 3.